The Balaban J connectivity index is 1.33. The predicted molar refractivity (Wildman–Crippen MR) is 142 cm³/mol. The number of ether oxygens (including phenoxy) is 2. The minimum absolute atomic E-state index is 0.0381. The molecule has 1 aromatic heterocycles. The number of carbonyl (C=O) groups is 1. The van der Waals surface area contributed by atoms with Gasteiger partial charge in [0, 0.05) is 30.4 Å². The molecule has 2 fully saturated rings. The van der Waals surface area contributed by atoms with E-state index >= 15 is 0 Å². The van der Waals surface area contributed by atoms with Crippen LogP contribution in [0.5, 0.6) is 11.5 Å². The molecule has 0 spiro atoms. The molecule has 2 aliphatic rings. The third-order valence-electron chi connectivity index (χ3n) is 7.63. The van der Waals surface area contributed by atoms with Gasteiger partial charge in [0.2, 0.25) is 17.6 Å². The van der Waals surface area contributed by atoms with Crippen LogP contribution in [0.4, 0.5) is 5.69 Å². The average molecular weight is 505 g/mol. The minimum Gasteiger partial charge on any atom is -0.493 e. The van der Waals surface area contributed by atoms with Crippen molar-refractivity contribution in [2.75, 3.05) is 32.2 Å². The molecule has 5 rings (SSSR count). The summed E-state index contributed by atoms with van der Waals surface area (Å²) in [5.74, 6) is 2.33. The van der Waals surface area contributed by atoms with E-state index in [4.69, 9.17) is 14.0 Å². The monoisotopic (exact) mass is 504 g/mol. The van der Waals surface area contributed by atoms with Gasteiger partial charge < -0.3 is 23.8 Å². The van der Waals surface area contributed by atoms with Gasteiger partial charge in [0.05, 0.1) is 20.1 Å². The lowest BCUT2D eigenvalue weighted by Gasteiger charge is -2.37. The lowest BCUT2D eigenvalue weighted by molar-refractivity contribution is -0.139. The molecule has 1 saturated heterocycles. The number of hydrogen-bond acceptors (Lipinski definition) is 7. The van der Waals surface area contributed by atoms with Gasteiger partial charge in [0.15, 0.2) is 11.5 Å². The number of nitrogens with zero attached hydrogens (tertiary/aromatic N) is 4. The fourth-order valence-electron chi connectivity index (χ4n) is 5.56. The molecular weight excluding hydrogens is 468 g/mol. The van der Waals surface area contributed by atoms with Crippen LogP contribution < -0.4 is 14.4 Å². The van der Waals surface area contributed by atoms with E-state index in [-0.39, 0.29) is 17.9 Å². The second kappa shape index (κ2) is 11.2. The summed E-state index contributed by atoms with van der Waals surface area (Å²) in [6.45, 7) is 4.16. The third kappa shape index (κ3) is 5.58. The first kappa shape index (κ1) is 25.1. The van der Waals surface area contributed by atoms with Gasteiger partial charge in [-0.1, -0.05) is 35.7 Å². The molecule has 196 valence electrons. The quantitative estimate of drug-likeness (QED) is 0.414. The summed E-state index contributed by atoms with van der Waals surface area (Å²) < 4.78 is 16.4. The first-order valence-electron chi connectivity index (χ1n) is 13.2. The van der Waals surface area contributed by atoms with Crippen LogP contribution in [0.15, 0.2) is 47.0 Å². The molecule has 0 radical (unpaired) electrons. The topological polar surface area (TPSA) is 80.9 Å². The molecule has 1 unspecified atom stereocenters. The molecule has 1 aliphatic carbocycles. The molecular formula is C29H36N4O4. The van der Waals surface area contributed by atoms with Crippen molar-refractivity contribution in [1.82, 2.24) is 15.0 Å². The zero-order chi connectivity index (χ0) is 25.8. The van der Waals surface area contributed by atoms with Crippen LogP contribution in [-0.4, -0.2) is 54.3 Å². The zero-order valence-electron chi connectivity index (χ0n) is 22.0. The van der Waals surface area contributed by atoms with Crippen molar-refractivity contribution in [3.63, 3.8) is 0 Å². The standard InChI is InChI=1S/C29H36N4O4/c1-20-10-13-23(14-11-20)32-16-6-7-22(18-32)29(34)33(24-8-4-5-9-24)19-27-30-28(31-37-27)21-12-15-25(35-2)26(17-21)36-3/h10-15,17,22,24H,4-9,16,18-19H2,1-3H3. The van der Waals surface area contributed by atoms with E-state index in [0.717, 1.165) is 57.2 Å². The van der Waals surface area contributed by atoms with Crippen molar-refractivity contribution in [1.29, 1.82) is 0 Å². The molecule has 2 aromatic carbocycles. The highest BCUT2D eigenvalue weighted by molar-refractivity contribution is 5.80. The molecule has 1 saturated carbocycles. The Hall–Kier alpha value is -3.55. The zero-order valence-corrected chi connectivity index (χ0v) is 22.0. The second-order valence-electron chi connectivity index (χ2n) is 10.1. The summed E-state index contributed by atoms with van der Waals surface area (Å²) >= 11 is 0. The maximum absolute atomic E-state index is 13.9. The summed E-state index contributed by atoms with van der Waals surface area (Å²) in [6.07, 6.45) is 6.26. The molecule has 2 heterocycles. The van der Waals surface area contributed by atoms with Gasteiger partial charge in [0.25, 0.3) is 0 Å². The van der Waals surface area contributed by atoms with E-state index in [0.29, 0.717) is 29.8 Å². The Morgan fingerprint density at radius 1 is 1.03 bits per heavy atom. The Morgan fingerprint density at radius 3 is 2.51 bits per heavy atom. The molecule has 37 heavy (non-hydrogen) atoms. The molecule has 8 heteroatoms. The lowest BCUT2D eigenvalue weighted by atomic mass is 9.95. The van der Waals surface area contributed by atoms with Gasteiger partial charge >= 0.3 is 0 Å². The molecule has 0 bridgehead atoms. The average Bonchev–Trinajstić information content (AvgIpc) is 3.64. The van der Waals surface area contributed by atoms with Crippen LogP contribution in [0.1, 0.15) is 50.0 Å². The number of benzene rings is 2. The van der Waals surface area contributed by atoms with Gasteiger partial charge in [-0.2, -0.15) is 4.98 Å². The highest BCUT2D eigenvalue weighted by Crippen LogP contribution is 2.33. The van der Waals surface area contributed by atoms with E-state index in [1.165, 1.54) is 11.3 Å². The van der Waals surface area contributed by atoms with E-state index in [1.54, 1.807) is 14.2 Å². The SMILES string of the molecule is COc1ccc(-c2noc(CN(C(=O)C3CCCN(c4ccc(C)cc4)C3)C3CCCC3)n2)cc1OC. The maximum Gasteiger partial charge on any atom is 0.246 e. The summed E-state index contributed by atoms with van der Waals surface area (Å²) in [4.78, 5) is 22.9. The summed E-state index contributed by atoms with van der Waals surface area (Å²) in [6, 6.07) is 14.3. The Kier molecular flexibility index (Phi) is 7.63. The van der Waals surface area contributed by atoms with Crippen molar-refractivity contribution in [2.24, 2.45) is 5.92 Å². The fraction of sp³-hybridized carbons (Fsp3) is 0.483. The number of piperidine rings is 1. The minimum atomic E-state index is -0.0381. The lowest BCUT2D eigenvalue weighted by Crippen LogP contribution is -2.47. The third-order valence-corrected chi connectivity index (χ3v) is 7.63. The molecule has 1 aliphatic heterocycles. The van der Waals surface area contributed by atoms with Gasteiger partial charge in [0.1, 0.15) is 6.54 Å². The van der Waals surface area contributed by atoms with Crippen molar-refractivity contribution in [3.8, 4) is 22.9 Å². The van der Waals surface area contributed by atoms with E-state index < -0.39 is 0 Å². The number of aromatic nitrogens is 2. The van der Waals surface area contributed by atoms with Gasteiger partial charge in [-0.15, -0.1) is 0 Å². The second-order valence-corrected chi connectivity index (χ2v) is 10.1. The van der Waals surface area contributed by atoms with Gasteiger partial charge in [-0.25, -0.2) is 0 Å². The molecule has 8 nitrogen and oxygen atoms in total. The van der Waals surface area contributed by atoms with E-state index in [2.05, 4.69) is 46.2 Å². The predicted octanol–water partition coefficient (Wildman–Crippen LogP) is 5.25. The number of carbonyl (C=O) groups excluding carboxylic acids is 1. The Morgan fingerprint density at radius 2 is 1.78 bits per heavy atom. The van der Waals surface area contributed by atoms with Crippen molar-refractivity contribution >= 4 is 11.6 Å². The number of anilines is 1. The highest BCUT2D eigenvalue weighted by atomic mass is 16.5. The van der Waals surface area contributed by atoms with Crippen LogP contribution in [-0.2, 0) is 11.3 Å². The smallest absolute Gasteiger partial charge is 0.246 e. The first-order valence-corrected chi connectivity index (χ1v) is 13.2. The Bertz CT molecular complexity index is 1200. The number of aryl methyl sites for hydroxylation is 1. The van der Waals surface area contributed by atoms with Gasteiger partial charge in [-0.05, 0) is 62.9 Å². The maximum atomic E-state index is 13.9. The fourth-order valence-corrected chi connectivity index (χ4v) is 5.56. The number of amides is 1. The van der Waals surface area contributed by atoms with E-state index in [9.17, 15) is 4.79 Å². The van der Waals surface area contributed by atoms with Crippen LogP contribution in [0.3, 0.4) is 0 Å². The largest absolute Gasteiger partial charge is 0.493 e. The van der Waals surface area contributed by atoms with Crippen LogP contribution >= 0.6 is 0 Å². The molecule has 0 N–H and O–H groups in total. The van der Waals surface area contributed by atoms with E-state index in [1.807, 2.05) is 23.1 Å². The molecule has 1 atom stereocenters. The summed E-state index contributed by atoms with van der Waals surface area (Å²) in [7, 11) is 3.20. The van der Waals surface area contributed by atoms with Crippen molar-refractivity contribution in [2.45, 2.75) is 58.0 Å². The van der Waals surface area contributed by atoms with Gasteiger partial charge in [-0.3, -0.25) is 4.79 Å². The number of hydrogen-bond donors (Lipinski definition) is 0. The summed E-state index contributed by atoms with van der Waals surface area (Å²) in [5, 5.41) is 4.20. The van der Waals surface area contributed by atoms with Crippen molar-refractivity contribution < 1.29 is 18.8 Å². The first-order chi connectivity index (χ1) is 18.1. The molecule has 3 aromatic rings. The summed E-state index contributed by atoms with van der Waals surface area (Å²) in [5.41, 5.74) is 3.20. The molecule has 1 amide bonds. The Labute approximate surface area is 218 Å². The van der Waals surface area contributed by atoms with Crippen LogP contribution in [0.25, 0.3) is 11.4 Å². The van der Waals surface area contributed by atoms with Crippen LogP contribution in [0.2, 0.25) is 0 Å². The van der Waals surface area contributed by atoms with Crippen molar-refractivity contribution in [3.05, 3.63) is 53.9 Å². The normalized spacial score (nSPS) is 18.1. The number of methoxy groups -OCH3 is 2. The number of rotatable bonds is 8. The highest BCUT2D eigenvalue weighted by Gasteiger charge is 2.35. The van der Waals surface area contributed by atoms with Crippen LogP contribution in [0, 0.1) is 12.8 Å².